The Bertz CT molecular complexity index is 296. The van der Waals surface area contributed by atoms with Gasteiger partial charge >= 0.3 is 5.97 Å². The van der Waals surface area contributed by atoms with Crippen molar-refractivity contribution in [2.45, 2.75) is 25.1 Å². The van der Waals surface area contributed by atoms with Gasteiger partial charge in [-0.15, -0.1) is 11.6 Å². The van der Waals surface area contributed by atoms with Crippen LogP contribution in [0.4, 0.5) is 0 Å². The summed E-state index contributed by atoms with van der Waals surface area (Å²) in [5.74, 6) is -0.266. The van der Waals surface area contributed by atoms with Crippen molar-refractivity contribution in [3.05, 3.63) is 35.9 Å². The van der Waals surface area contributed by atoms with E-state index in [1.54, 1.807) is 12.1 Å². The van der Waals surface area contributed by atoms with E-state index in [9.17, 15) is 4.79 Å². The standard InChI is InChI=1S/C12H15ClO2/c1-10(13)6-5-9-15-12(14)11-7-3-2-4-8-11/h2-4,7-8,10H,5-6,9H2,1H3. The van der Waals surface area contributed by atoms with Crippen LogP contribution in [-0.4, -0.2) is 18.0 Å². The molecule has 1 rings (SSSR count). The highest BCUT2D eigenvalue weighted by Crippen LogP contribution is 2.05. The molecule has 1 atom stereocenters. The van der Waals surface area contributed by atoms with Gasteiger partial charge in [0.1, 0.15) is 0 Å². The van der Waals surface area contributed by atoms with Crippen LogP contribution in [0.3, 0.4) is 0 Å². The number of halogens is 1. The van der Waals surface area contributed by atoms with E-state index in [-0.39, 0.29) is 11.3 Å². The van der Waals surface area contributed by atoms with Crippen LogP contribution >= 0.6 is 11.6 Å². The molecule has 1 aromatic carbocycles. The van der Waals surface area contributed by atoms with Crippen LogP contribution in [0.15, 0.2) is 30.3 Å². The monoisotopic (exact) mass is 226 g/mol. The fraction of sp³-hybridized carbons (Fsp3) is 0.417. The van der Waals surface area contributed by atoms with Gasteiger partial charge in [0, 0.05) is 5.38 Å². The van der Waals surface area contributed by atoms with E-state index in [0.29, 0.717) is 12.2 Å². The van der Waals surface area contributed by atoms with E-state index >= 15 is 0 Å². The molecule has 0 saturated heterocycles. The van der Waals surface area contributed by atoms with Crippen molar-refractivity contribution in [2.75, 3.05) is 6.61 Å². The van der Waals surface area contributed by atoms with Gasteiger partial charge in [-0.3, -0.25) is 0 Å². The molecule has 3 heteroatoms. The Kier molecular flexibility index (Phi) is 5.19. The quantitative estimate of drug-likeness (QED) is 0.438. The second-order valence-corrected chi connectivity index (χ2v) is 4.17. The molecule has 0 amide bonds. The van der Waals surface area contributed by atoms with E-state index < -0.39 is 0 Å². The lowest BCUT2D eigenvalue weighted by Gasteiger charge is -2.05. The molecule has 82 valence electrons. The van der Waals surface area contributed by atoms with Crippen molar-refractivity contribution in [1.29, 1.82) is 0 Å². The molecule has 0 heterocycles. The number of esters is 1. The topological polar surface area (TPSA) is 26.3 Å². The molecule has 0 spiro atoms. The first-order valence-electron chi connectivity index (χ1n) is 5.06. The second-order valence-electron chi connectivity index (χ2n) is 3.42. The largest absolute Gasteiger partial charge is 0.462 e. The minimum atomic E-state index is -0.266. The zero-order chi connectivity index (χ0) is 11.1. The fourth-order valence-corrected chi connectivity index (χ4v) is 1.34. The molecule has 15 heavy (non-hydrogen) atoms. The van der Waals surface area contributed by atoms with Crippen LogP contribution in [0, 0.1) is 0 Å². The Hall–Kier alpha value is -1.02. The van der Waals surface area contributed by atoms with Crippen molar-refractivity contribution in [3.63, 3.8) is 0 Å². The van der Waals surface area contributed by atoms with Gasteiger partial charge in [-0.05, 0) is 31.9 Å². The molecular formula is C12H15ClO2. The lowest BCUT2D eigenvalue weighted by atomic mass is 10.2. The summed E-state index contributed by atoms with van der Waals surface area (Å²) in [5, 5.41) is 0.139. The summed E-state index contributed by atoms with van der Waals surface area (Å²) in [7, 11) is 0. The Balaban J connectivity index is 2.25. The highest BCUT2D eigenvalue weighted by molar-refractivity contribution is 6.20. The summed E-state index contributed by atoms with van der Waals surface area (Å²) < 4.78 is 5.08. The van der Waals surface area contributed by atoms with Gasteiger partial charge < -0.3 is 4.74 Å². The molecule has 2 nitrogen and oxygen atoms in total. The summed E-state index contributed by atoms with van der Waals surface area (Å²) in [6.07, 6.45) is 1.67. The smallest absolute Gasteiger partial charge is 0.338 e. The van der Waals surface area contributed by atoms with E-state index in [0.717, 1.165) is 12.8 Å². The average molecular weight is 227 g/mol. The Labute approximate surface area is 95.2 Å². The minimum absolute atomic E-state index is 0.139. The summed E-state index contributed by atoms with van der Waals surface area (Å²) in [6.45, 7) is 2.37. The molecule has 0 bridgehead atoms. The molecule has 0 aliphatic rings. The van der Waals surface area contributed by atoms with Crippen molar-refractivity contribution in [1.82, 2.24) is 0 Å². The molecule has 0 saturated carbocycles. The number of ether oxygens (including phenoxy) is 1. The number of hydrogen-bond acceptors (Lipinski definition) is 2. The van der Waals surface area contributed by atoms with Crippen molar-refractivity contribution in [3.8, 4) is 0 Å². The predicted molar refractivity (Wildman–Crippen MR) is 61.3 cm³/mol. The molecule has 0 N–H and O–H groups in total. The third kappa shape index (κ3) is 4.84. The average Bonchev–Trinajstić information content (AvgIpc) is 2.25. The molecule has 1 unspecified atom stereocenters. The third-order valence-electron chi connectivity index (χ3n) is 1.99. The Morgan fingerprint density at radius 3 is 2.67 bits per heavy atom. The van der Waals surface area contributed by atoms with Crippen LogP contribution in [0.5, 0.6) is 0 Å². The van der Waals surface area contributed by atoms with Crippen LogP contribution in [0.25, 0.3) is 0 Å². The maximum atomic E-state index is 11.4. The molecule has 0 aliphatic carbocycles. The zero-order valence-electron chi connectivity index (χ0n) is 8.78. The van der Waals surface area contributed by atoms with E-state index in [2.05, 4.69) is 0 Å². The summed E-state index contributed by atoms with van der Waals surface area (Å²) in [5.41, 5.74) is 0.594. The Morgan fingerprint density at radius 1 is 1.40 bits per heavy atom. The number of benzene rings is 1. The van der Waals surface area contributed by atoms with Crippen molar-refractivity contribution < 1.29 is 9.53 Å². The Morgan fingerprint density at radius 2 is 2.07 bits per heavy atom. The maximum Gasteiger partial charge on any atom is 0.338 e. The van der Waals surface area contributed by atoms with Crippen molar-refractivity contribution >= 4 is 17.6 Å². The summed E-state index contributed by atoms with van der Waals surface area (Å²) in [6, 6.07) is 8.99. The normalized spacial score (nSPS) is 12.1. The summed E-state index contributed by atoms with van der Waals surface area (Å²) in [4.78, 5) is 11.4. The SMILES string of the molecule is CC(Cl)CCCOC(=O)c1ccccc1. The molecule has 1 aromatic rings. The first-order chi connectivity index (χ1) is 7.20. The van der Waals surface area contributed by atoms with Gasteiger partial charge in [-0.2, -0.15) is 0 Å². The van der Waals surface area contributed by atoms with Gasteiger partial charge in [0.05, 0.1) is 12.2 Å². The van der Waals surface area contributed by atoms with E-state index in [4.69, 9.17) is 16.3 Å². The number of carbonyl (C=O) groups excluding carboxylic acids is 1. The lowest BCUT2D eigenvalue weighted by Crippen LogP contribution is -2.07. The van der Waals surface area contributed by atoms with E-state index in [1.807, 2.05) is 25.1 Å². The highest BCUT2D eigenvalue weighted by atomic mass is 35.5. The van der Waals surface area contributed by atoms with Gasteiger partial charge in [0.25, 0.3) is 0 Å². The van der Waals surface area contributed by atoms with Crippen LogP contribution < -0.4 is 0 Å². The predicted octanol–water partition coefficient (Wildman–Crippen LogP) is 3.25. The highest BCUT2D eigenvalue weighted by Gasteiger charge is 2.05. The first kappa shape index (κ1) is 12.1. The summed E-state index contributed by atoms with van der Waals surface area (Å²) >= 11 is 5.77. The second kappa shape index (κ2) is 6.46. The van der Waals surface area contributed by atoms with Crippen molar-refractivity contribution in [2.24, 2.45) is 0 Å². The number of rotatable bonds is 5. The van der Waals surface area contributed by atoms with Crippen LogP contribution in [-0.2, 0) is 4.74 Å². The van der Waals surface area contributed by atoms with Crippen LogP contribution in [0.2, 0.25) is 0 Å². The van der Waals surface area contributed by atoms with Gasteiger partial charge in [-0.1, -0.05) is 18.2 Å². The minimum Gasteiger partial charge on any atom is -0.462 e. The molecule has 0 fully saturated rings. The molecular weight excluding hydrogens is 212 g/mol. The molecule has 0 aliphatic heterocycles. The van der Waals surface area contributed by atoms with Gasteiger partial charge in [-0.25, -0.2) is 4.79 Å². The fourth-order valence-electron chi connectivity index (χ4n) is 1.19. The van der Waals surface area contributed by atoms with E-state index in [1.165, 1.54) is 0 Å². The first-order valence-corrected chi connectivity index (χ1v) is 5.50. The molecule has 0 aromatic heterocycles. The van der Waals surface area contributed by atoms with Gasteiger partial charge in [0.15, 0.2) is 0 Å². The number of hydrogen-bond donors (Lipinski definition) is 0. The number of alkyl halides is 1. The van der Waals surface area contributed by atoms with Crippen LogP contribution in [0.1, 0.15) is 30.1 Å². The third-order valence-corrected chi connectivity index (χ3v) is 2.21. The number of carbonyl (C=O) groups is 1. The van der Waals surface area contributed by atoms with Gasteiger partial charge in [0.2, 0.25) is 0 Å². The maximum absolute atomic E-state index is 11.4. The lowest BCUT2D eigenvalue weighted by molar-refractivity contribution is 0.0498. The molecule has 0 radical (unpaired) electrons. The zero-order valence-corrected chi connectivity index (χ0v) is 9.54.